The fraction of sp³-hybridized carbons (Fsp3) is 0.500. The van der Waals surface area contributed by atoms with Gasteiger partial charge in [-0.3, -0.25) is 4.79 Å². The smallest absolute Gasteiger partial charge is 0.256 e. The third kappa shape index (κ3) is 2.63. The zero-order chi connectivity index (χ0) is 13.1. The van der Waals surface area contributed by atoms with E-state index in [-0.39, 0.29) is 17.2 Å². The molecular weight excluding hydrogens is 233 g/mol. The molecule has 1 aromatic carbocycles. The van der Waals surface area contributed by atoms with E-state index < -0.39 is 5.82 Å². The second-order valence-corrected chi connectivity index (χ2v) is 4.83. The van der Waals surface area contributed by atoms with Gasteiger partial charge in [0.05, 0.1) is 5.56 Å². The monoisotopic (exact) mass is 251 g/mol. The molecule has 4 heteroatoms. The molecule has 1 aliphatic heterocycles. The van der Waals surface area contributed by atoms with Gasteiger partial charge in [-0.15, -0.1) is 0 Å². The number of hydrogen-bond acceptors (Lipinski definition) is 2. The van der Waals surface area contributed by atoms with Crippen LogP contribution in [0.4, 0.5) is 4.39 Å². The van der Waals surface area contributed by atoms with Gasteiger partial charge in [-0.05, 0) is 30.9 Å². The summed E-state index contributed by atoms with van der Waals surface area (Å²) in [5, 5.41) is 9.14. The summed E-state index contributed by atoms with van der Waals surface area (Å²) in [7, 11) is 0. The van der Waals surface area contributed by atoms with Gasteiger partial charge >= 0.3 is 0 Å². The molecule has 0 radical (unpaired) electrons. The molecule has 1 heterocycles. The summed E-state index contributed by atoms with van der Waals surface area (Å²) in [6.07, 6.45) is 3.16. The van der Waals surface area contributed by atoms with Crippen molar-refractivity contribution in [1.82, 2.24) is 4.90 Å². The van der Waals surface area contributed by atoms with Crippen molar-refractivity contribution in [1.29, 1.82) is 0 Å². The Morgan fingerprint density at radius 2 is 2.33 bits per heavy atom. The zero-order valence-corrected chi connectivity index (χ0v) is 10.5. The first-order chi connectivity index (χ1) is 8.61. The number of halogens is 1. The number of amides is 1. The molecule has 0 saturated carbocycles. The largest absolute Gasteiger partial charge is 0.508 e. The van der Waals surface area contributed by atoms with Crippen LogP contribution in [0.5, 0.6) is 5.75 Å². The minimum atomic E-state index is -0.654. The molecule has 2 rings (SSSR count). The Bertz CT molecular complexity index is 447. The molecule has 3 nitrogen and oxygen atoms in total. The number of carbonyl (C=O) groups excluding carboxylic acids is 1. The van der Waals surface area contributed by atoms with Crippen LogP contribution in [0.2, 0.25) is 0 Å². The highest BCUT2D eigenvalue weighted by molar-refractivity contribution is 5.94. The van der Waals surface area contributed by atoms with Gasteiger partial charge in [-0.25, -0.2) is 4.39 Å². The van der Waals surface area contributed by atoms with Crippen molar-refractivity contribution in [3.63, 3.8) is 0 Å². The summed E-state index contributed by atoms with van der Waals surface area (Å²) >= 11 is 0. The molecule has 0 spiro atoms. The normalized spacial score (nSPS) is 19.9. The number of aromatic hydroxyl groups is 1. The highest BCUT2D eigenvalue weighted by atomic mass is 19.1. The molecule has 98 valence electrons. The summed E-state index contributed by atoms with van der Waals surface area (Å²) in [5.74, 6) is -0.568. The van der Waals surface area contributed by atoms with Crippen LogP contribution < -0.4 is 0 Å². The van der Waals surface area contributed by atoms with Crippen LogP contribution in [0.15, 0.2) is 18.2 Å². The number of nitrogens with zero attached hydrogens (tertiary/aromatic N) is 1. The Morgan fingerprint density at radius 1 is 1.56 bits per heavy atom. The number of rotatable bonds is 2. The molecule has 1 amide bonds. The van der Waals surface area contributed by atoms with Crippen LogP contribution in [0.1, 0.15) is 36.5 Å². The first kappa shape index (κ1) is 12.9. The molecule has 0 aliphatic carbocycles. The lowest BCUT2D eigenvalue weighted by molar-refractivity contribution is 0.0666. The topological polar surface area (TPSA) is 40.5 Å². The number of hydrogen-bond donors (Lipinski definition) is 1. The van der Waals surface area contributed by atoms with Gasteiger partial charge in [-0.1, -0.05) is 13.3 Å². The van der Waals surface area contributed by atoms with Gasteiger partial charge in [0.25, 0.3) is 5.91 Å². The Kier molecular flexibility index (Phi) is 3.84. The van der Waals surface area contributed by atoms with Crippen LogP contribution in [0.3, 0.4) is 0 Å². The summed E-state index contributed by atoms with van der Waals surface area (Å²) in [4.78, 5) is 13.9. The predicted molar refractivity (Wildman–Crippen MR) is 67.0 cm³/mol. The average Bonchev–Trinajstić information content (AvgIpc) is 2.38. The maximum absolute atomic E-state index is 13.6. The minimum absolute atomic E-state index is 0.0459. The molecule has 0 aromatic heterocycles. The molecule has 1 aliphatic rings. The van der Waals surface area contributed by atoms with Crippen molar-refractivity contribution in [3.8, 4) is 5.75 Å². The number of piperidine rings is 1. The lowest BCUT2D eigenvalue weighted by Gasteiger charge is -2.32. The van der Waals surface area contributed by atoms with Gasteiger partial charge in [0.2, 0.25) is 0 Å². The van der Waals surface area contributed by atoms with Gasteiger partial charge in [0.15, 0.2) is 0 Å². The van der Waals surface area contributed by atoms with Crippen molar-refractivity contribution in [3.05, 3.63) is 29.6 Å². The van der Waals surface area contributed by atoms with Crippen molar-refractivity contribution < 1.29 is 14.3 Å². The molecule has 0 bridgehead atoms. The molecule has 1 N–H and O–H groups in total. The molecule has 1 aromatic rings. The first-order valence-electron chi connectivity index (χ1n) is 6.39. The van der Waals surface area contributed by atoms with Crippen molar-refractivity contribution in [2.75, 3.05) is 13.1 Å². The second kappa shape index (κ2) is 5.38. The van der Waals surface area contributed by atoms with E-state index in [0.717, 1.165) is 25.3 Å². The number of carbonyl (C=O) groups is 1. The third-order valence-corrected chi connectivity index (χ3v) is 3.57. The summed E-state index contributed by atoms with van der Waals surface area (Å²) < 4.78 is 13.6. The number of phenols is 1. The number of benzene rings is 1. The van der Waals surface area contributed by atoms with Gasteiger partial charge in [-0.2, -0.15) is 0 Å². The van der Waals surface area contributed by atoms with Crippen molar-refractivity contribution >= 4 is 5.91 Å². The summed E-state index contributed by atoms with van der Waals surface area (Å²) in [6, 6.07) is 3.68. The Hall–Kier alpha value is -1.58. The van der Waals surface area contributed by atoms with E-state index in [0.29, 0.717) is 19.0 Å². The second-order valence-electron chi connectivity index (χ2n) is 4.83. The number of likely N-dealkylation sites (tertiary alicyclic amines) is 1. The van der Waals surface area contributed by atoms with Crippen molar-refractivity contribution in [2.45, 2.75) is 26.2 Å². The van der Waals surface area contributed by atoms with Gasteiger partial charge in [0.1, 0.15) is 11.6 Å². The lowest BCUT2D eigenvalue weighted by Crippen LogP contribution is -2.40. The van der Waals surface area contributed by atoms with E-state index in [1.807, 2.05) is 0 Å². The minimum Gasteiger partial charge on any atom is -0.508 e. The zero-order valence-electron chi connectivity index (χ0n) is 10.5. The standard InChI is InChI=1S/C14H18FNO2/c1-2-10-4-3-7-16(9-10)14(18)12-6-5-11(17)8-13(12)15/h5-6,8,10,17H,2-4,7,9H2,1H3. The first-order valence-corrected chi connectivity index (χ1v) is 6.39. The fourth-order valence-electron chi connectivity index (χ4n) is 2.43. The van der Waals surface area contributed by atoms with E-state index in [4.69, 9.17) is 5.11 Å². The van der Waals surface area contributed by atoms with E-state index in [2.05, 4.69) is 6.92 Å². The lowest BCUT2D eigenvalue weighted by atomic mass is 9.95. The van der Waals surface area contributed by atoms with E-state index in [9.17, 15) is 9.18 Å². The summed E-state index contributed by atoms with van der Waals surface area (Å²) in [5.41, 5.74) is 0.0459. The Balaban J connectivity index is 2.15. The quantitative estimate of drug-likeness (QED) is 0.878. The Morgan fingerprint density at radius 3 is 3.00 bits per heavy atom. The van der Waals surface area contributed by atoms with Crippen LogP contribution in [-0.2, 0) is 0 Å². The van der Waals surface area contributed by atoms with Gasteiger partial charge in [0, 0.05) is 19.2 Å². The molecule has 1 fully saturated rings. The Labute approximate surface area is 106 Å². The maximum Gasteiger partial charge on any atom is 0.256 e. The van der Waals surface area contributed by atoms with E-state index in [1.54, 1.807) is 4.90 Å². The molecular formula is C14H18FNO2. The van der Waals surface area contributed by atoms with Gasteiger partial charge < -0.3 is 10.0 Å². The fourth-order valence-corrected chi connectivity index (χ4v) is 2.43. The predicted octanol–water partition coefficient (Wildman–Crippen LogP) is 2.79. The van der Waals surface area contributed by atoms with Crippen LogP contribution >= 0.6 is 0 Å². The molecule has 1 unspecified atom stereocenters. The highest BCUT2D eigenvalue weighted by Crippen LogP contribution is 2.22. The highest BCUT2D eigenvalue weighted by Gasteiger charge is 2.25. The average molecular weight is 251 g/mol. The van der Waals surface area contributed by atoms with E-state index in [1.165, 1.54) is 12.1 Å². The third-order valence-electron chi connectivity index (χ3n) is 3.57. The number of phenolic OH excluding ortho intramolecular Hbond substituents is 1. The molecule has 1 saturated heterocycles. The SMILES string of the molecule is CCC1CCCN(C(=O)c2ccc(O)cc2F)C1. The van der Waals surface area contributed by atoms with Crippen molar-refractivity contribution in [2.24, 2.45) is 5.92 Å². The molecule has 18 heavy (non-hydrogen) atoms. The van der Waals surface area contributed by atoms with E-state index >= 15 is 0 Å². The maximum atomic E-state index is 13.6. The van der Waals surface area contributed by atoms with Crippen LogP contribution in [-0.4, -0.2) is 29.0 Å². The molecule has 1 atom stereocenters. The van der Waals surface area contributed by atoms with Crippen LogP contribution in [0.25, 0.3) is 0 Å². The summed E-state index contributed by atoms with van der Waals surface area (Å²) in [6.45, 7) is 3.51. The van der Waals surface area contributed by atoms with Crippen LogP contribution in [0, 0.1) is 11.7 Å².